The van der Waals surface area contributed by atoms with E-state index in [4.69, 9.17) is 4.74 Å². The molecule has 1 amide bonds. The van der Waals surface area contributed by atoms with Crippen LogP contribution in [-0.2, 0) is 6.42 Å². The summed E-state index contributed by atoms with van der Waals surface area (Å²) in [4.78, 5) is 25.8. The molecule has 28 heavy (non-hydrogen) atoms. The first-order valence-corrected chi connectivity index (χ1v) is 9.44. The Hall–Kier alpha value is -3.28. The molecule has 6 nitrogen and oxygen atoms in total. The van der Waals surface area contributed by atoms with Gasteiger partial charge < -0.3 is 19.7 Å². The van der Waals surface area contributed by atoms with Crippen LogP contribution in [0.25, 0.3) is 10.9 Å². The van der Waals surface area contributed by atoms with Crippen molar-refractivity contribution in [2.24, 2.45) is 0 Å². The van der Waals surface area contributed by atoms with Crippen LogP contribution in [0.1, 0.15) is 42.2 Å². The van der Waals surface area contributed by atoms with Gasteiger partial charge in [0.05, 0.1) is 12.1 Å². The van der Waals surface area contributed by atoms with Gasteiger partial charge in [0.15, 0.2) is 0 Å². The van der Waals surface area contributed by atoms with Gasteiger partial charge in [-0.2, -0.15) is 0 Å². The number of pyridine rings is 1. The Morgan fingerprint density at radius 3 is 2.71 bits per heavy atom. The van der Waals surface area contributed by atoms with Crippen LogP contribution >= 0.6 is 0 Å². The molecule has 6 heteroatoms. The Balaban J connectivity index is 1.70. The minimum atomic E-state index is -0.625. The molecule has 0 radical (unpaired) electrons. The third-order valence-corrected chi connectivity index (χ3v) is 5.05. The summed E-state index contributed by atoms with van der Waals surface area (Å²) in [6.45, 7) is 4.59. The summed E-state index contributed by atoms with van der Waals surface area (Å²) in [5.74, 6) is -0.185. The fourth-order valence-electron chi connectivity index (χ4n) is 3.77. The Kier molecular flexibility index (Phi) is 4.55. The van der Waals surface area contributed by atoms with Crippen molar-refractivity contribution in [3.05, 3.63) is 63.9 Å². The number of carbonyl (C=O) groups is 1. The average Bonchev–Trinajstić information content (AvgIpc) is 3.02. The normalized spacial score (nSPS) is 15.0. The number of hydrogen-bond donors (Lipinski definition) is 2. The van der Waals surface area contributed by atoms with E-state index in [-0.39, 0.29) is 17.4 Å². The highest BCUT2D eigenvalue weighted by Gasteiger charge is 2.29. The summed E-state index contributed by atoms with van der Waals surface area (Å²) in [6.07, 6.45) is 1.61. The lowest BCUT2D eigenvalue weighted by Gasteiger charge is -2.14. The smallest absolute Gasteiger partial charge is 0.268 e. The zero-order chi connectivity index (χ0) is 19.8. The average molecular weight is 378 g/mol. The molecule has 3 aromatic rings. The lowest BCUT2D eigenvalue weighted by atomic mass is 10.1. The molecule has 144 valence electrons. The van der Waals surface area contributed by atoms with Gasteiger partial charge in [-0.3, -0.25) is 9.59 Å². The number of benzene rings is 2. The molecule has 2 aromatic carbocycles. The zero-order valence-electron chi connectivity index (χ0n) is 15.9. The highest BCUT2D eigenvalue weighted by molar-refractivity contribution is 6.09. The zero-order valence-corrected chi connectivity index (χ0v) is 15.9. The first-order chi connectivity index (χ1) is 13.5. The number of nitrogens with one attached hydrogen (secondary N) is 1. The number of aromatic nitrogens is 1. The summed E-state index contributed by atoms with van der Waals surface area (Å²) in [7, 11) is 0. The SMILES string of the molecule is CCCOc1ccc(NC(=O)c2c(O)c3cccc4c3n(c2=O)C(C)C4)cc1. The lowest BCUT2D eigenvalue weighted by Crippen LogP contribution is -2.30. The Morgan fingerprint density at radius 1 is 1.25 bits per heavy atom. The number of amides is 1. The minimum absolute atomic E-state index is 0.0606. The molecular formula is C22H22N2O4. The van der Waals surface area contributed by atoms with E-state index in [9.17, 15) is 14.7 Å². The van der Waals surface area contributed by atoms with Crippen LogP contribution in [0.3, 0.4) is 0 Å². The number of para-hydroxylation sites is 1. The van der Waals surface area contributed by atoms with Crippen molar-refractivity contribution in [1.82, 2.24) is 4.57 Å². The van der Waals surface area contributed by atoms with E-state index in [1.807, 2.05) is 26.0 Å². The van der Waals surface area contributed by atoms with Gasteiger partial charge in [0, 0.05) is 17.1 Å². The maximum atomic E-state index is 13.0. The van der Waals surface area contributed by atoms with E-state index in [1.54, 1.807) is 34.9 Å². The van der Waals surface area contributed by atoms with Gasteiger partial charge in [-0.1, -0.05) is 19.1 Å². The lowest BCUT2D eigenvalue weighted by molar-refractivity contribution is 0.102. The molecule has 0 spiro atoms. The van der Waals surface area contributed by atoms with Crippen molar-refractivity contribution in [1.29, 1.82) is 0 Å². The fourth-order valence-corrected chi connectivity index (χ4v) is 3.77. The summed E-state index contributed by atoms with van der Waals surface area (Å²) in [6, 6.07) is 12.4. The van der Waals surface area contributed by atoms with E-state index in [0.717, 1.165) is 12.0 Å². The molecule has 2 heterocycles. The first-order valence-electron chi connectivity index (χ1n) is 9.44. The van der Waals surface area contributed by atoms with Crippen molar-refractivity contribution in [3.63, 3.8) is 0 Å². The van der Waals surface area contributed by atoms with Crippen molar-refractivity contribution < 1.29 is 14.6 Å². The van der Waals surface area contributed by atoms with Crippen molar-refractivity contribution in [2.45, 2.75) is 32.7 Å². The molecule has 1 unspecified atom stereocenters. The number of nitrogens with zero attached hydrogens (tertiary/aromatic N) is 1. The first kappa shape index (κ1) is 18.1. The minimum Gasteiger partial charge on any atom is -0.506 e. The number of anilines is 1. The van der Waals surface area contributed by atoms with E-state index in [2.05, 4.69) is 5.32 Å². The van der Waals surface area contributed by atoms with Gasteiger partial charge in [-0.15, -0.1) is 0 Å². The fraction of sp³-hybridized carbons (Fsp3) is 0.273. The monoisotopic (exact) mass is 378 g/mol. The van der Waals surface area contributed by atoms with E-state index < -0.39 is 11.5 Å². The molecule has 1 aliphatic heterocycles. The standard InChI is InChI=1S/C22H22N2O4/c1-3-11-28-16-9-7-15(8-10-16)23-21(26)18-20(25)17-6-4-5-14-12-13(2)24(19(14)17)22(18)27/h4-10,13,25H,3,11-12H2,1-2H3,(H,23,26). The Bertz CT molecular complexity index is 1120. The summed E-state index contributed by atoms with van der Waals surface area (Å²) >= 11 is 0. The molecule has 0 bridgehead atoms. The third-order valence-electron chi connectivity index (χ3n) is 5.05. The molecule has 0 aliphatic carbocycles. The molecule has 4 rings (SSSR count). The van der Waals surface area contributed by atoms with Crippen LogP contribution in [0, 0.1) is 0 Å². The number of aromatic hydroxyl groups is 1. The molecule has 1 aromatic heterocycles. The topological polar surface area (TPSA) is 80.6 Å². The van der Waals surface area contributed by atoms with Crippen molar-refractivity contribution >= 4 is 22.5 Å². The van der Waals surface area contributed by atoms with Crippen LogP contribution in [-0.4, -0.2) is 22.2 Å². The Morgan fingerprint density at radius 2 is 2.00 bits per heavy atom. The van der Waals surface area contributed by atoms with Crippen LogP contribution in [0.5, 0.6) is 11.5 Å². The molecular weight excluding hydrogens is 356 g/mol. The highest BCUT2D eigenvalue weighted by atomic mass is 16.5. The van der Waals surface area contributed by atoms with Gasteiger partial charge in [-0.25, -0.2) is 0 Å². The van der Waals surface area contributed by atoms with Crippen molar-refractivity contribution in [2.75, 3.05) is 11.9 Å². The third kappa shape index (κ3) is 2.91. The molecule has 1 atom stereocenters. The summed E-state index contributed by atoms with van der Waals surface area (Å²) in [5, 5.41) is 13.9. The highest BCUT2D eigenvalue weighted by Crippen LogP contribution is 2.36. The Labute approximate surface area is 162 Å². The van der Waals surface area contributed by atoms with Crippen LogP contribution < -0.4 is 15.6 Å². The predicted octanol–water partition coefficient (Wildman–Crippen LogP) is 3.87. The van der Waals surface area contributed by atoms with Gasteiger partial charge in [0.2, 0.25) is 0 Å². The van der Waals surface area contributed by atoms with E-state index in [1.165, 1.54) is 0 Å². The van der Waals surface area contributed by atoms with Gasteiger partial charge >= 0.3 is 0 Å². The van der Waals surface area contributed by atoms with Crippen LogP contribution in [0.2, 0.25) is 0 Å². The molecule has 2 N–H and O–H groups in total. The molecule has 0 fully saturated rings. The summed E-state index contributed by atoms with van der Waals surface area (Å²) in [5.41, 5.74) is 1.54. The van der Waals surface area contributed by atoms with Gasteiger partial charge in [0.1, 0.15) is 17.1 Å². The number of rotatable bonds is 5. The second kappa shape index (κ2) is 7.03. The van der Waals surface area contributed by atoms with Crippen molar-refractivity contribution in [3.8, 4) is 11.5 Å². The van der Waals surface area contributed by atoms with Crippen LogP contribution in [0.4, 0.5) is 5.69 Å². The maximum Gasteiger partial charge on any atom is 0.268 e. The summed E-state index contributed by atoms with van der Waals surface area (Å²) < 4.78 is 7.14. The van der Waals surface area contributed by atoms with Crippen LogP contribution in [0.15, 0.2) is 47.3 Å². The maximum absolute atomic E-state index is 13.0. The van der Waals surface area contributed by atoms with Gasteiger partial charge in [0.25, 0.3) is 11.5 Å². The molecule has 0 saturated carbocycles. The molecule has 1 aliphatic rings. The second-order valence-electron chi connectivity index (χ2n) is 7.09. The predicted molar refractivity (Wildman–Crippen MR) is 108 cm³/mol. The molecule has 0 saturated heterocycles. The number of hydrogen-bond acceptors (Lipinski definition) is 4. The second-order valence-corrected chi connectivity index (χ2v) is 7.09. The number of ether oxygens (including phenoxy) is 1. The van der Waals surface area contributed by atoms with E-state index in [0.29, 0.717) is 35.4 Å². The van der Waals surface area contributed by atoms with E-state index >= 15 is 0 Å². The van der Waals surface area contributed by atoms with Gasteiger partial charge in [-0.05, 0) is 55.7 Å². The number of carbonyl (C=O) groups excluding carboxylic acids is 1. The quantitative estimate of drug-likeness (QED) is 0.706. The largest absolute Gasteiger partial charge is 0.506 e.